The average molecular weight is 341 g/mol. The predicted molar refractivity (Wildman–Crippen MR) is 94.1 cm³/mol. The van der Waals surface area contributed by atoms with Crippen molar-refractivity contribution in [1.82, 2.24) is 4.90 Å². The van der Waals surface area contributed by atoms with Crippen LogP contribution in [0.5, 0.6) is 5.75 Å². The Morgan fingerprint density at radius 1 is 1.12 bits per heavy atom. The molecule has 1 saturated heterocycles. The second-order valence-electron chi connectivity index (χ2n) is 6.05. The van der Waals surface area contributed by atoms with Crippen LogP contribution in [-0.4, -0.2) is 47.0 Å². The molecule has 1 heterocycles. The lowest BCUT2D eigenvalue weighted by Crippen LogP contribution is -2.49. The van der Waals surface area contributed by atoms with Crippen LogP contribution in [0.1, 0.15) is 15.9 Å². The lowest BCUT2D eigenvalue weighted by atomic mass is 10.1. The van der Waals surface area contributed by atoms with Gasteiger partial charge in [-0.3, -0.25) is 14.9 Å². The van der Waals surface area contributed by atoms with E-state index in [2.05, 4.69) is 0 Å². The lowest BCUT2D eigenvalue weighted by molar-refractivity contribution is -0.384. The Bertz CT molecular complexity index is 814. The number of hydrogen-bond donors (Lipinski definition) is 1. The number of benzene rings is 2. The van der Waals surface area contributed by atoms with Gasteiger partial charge in [0.2, 0.25) is 0 Å². The van der Waals surface area contributed by atoms with Crippen LogP contribution < -0.4 is 4.90 Å². The van der Waals surface area contributed by atoms with Gasteiger partial charge in [0.05, 0.1) is 10.5 Å². The van der Waals surface area contributed by atoms with Gasteiger partial charge < -0.3 is 14.9 Å². The maximum Gasteiger partial charge on any atom is 0.292 e. The number of nitrogens with zero attached hydrogens (tertiary/aromatic N) is 3. The summed E-state index contributed by atoms with van der Waals surface area (Å²) in [6.45, 7) is 3.76. The summed E-state index contributed by atoms with van der Waals surface area (Å²) in [5, 5.41) is 21.1. The van der Waals surface area contributed by atoms with E-state index in [4.69, 9.17) is 0 Å². The summed E-state index contributed by atoms with van der Waals surface area (Å²) in [4.78, 5) is 27.0. The summed E-state index contributed by atoms with van der Waals surface area (Å²) in [6.07, 6.45) is 0. The van der Waals surface area contributed by atoms with Crippen LogP contribution in [0.15, 0.2) is 42.5 Å². The van der Waals surface area contributed by atoms with E-state index in [0.717, 1.165) is 5.56 Å². The average Bonchev–Trinajstić information content (AvgIpc) is 2.63. The molecule has 0 atom stereocenters. The molecule has 3 rings (SSSR count). The van der Waals surface area contributed by atoms with Crippen LogP contribution in [-0.2, 0) is 0 Å². The van der Waals surface area contributed by atoms with Crippen molar-refractivity contribution in [2.45, 2.75) is 6.92 Å². The number of hydrogen-bond acceptors (Lipinski definition) is 5. The van der Waals surface area contributed by atoms with E-state index < -0.39 is 4.92 Å². The molecule has 0 spiro atoms. The fourth-order valence-corrected chi connectivity index (χ4v) is 3.03. The van der Waals surface area contributed by atoms with Gasteiger partial charge in [0, 0.05) is 32.2 Å². The van der Waals surface area contributed by atoms with E-state index in [-0.39, 0.29) is 17.3 Å². The van der Waals surface area contributed by atoms with Crippen LogP contribution in [0.25, 0.3) is 0 Å². The summed E-state index contributed by atoms with van der Waals surface area (Å²) in [5.41, 5.74) is 1.83. The first-order chi connectivity index (χ1) is 12.0. The molecule has 0 aromatic heterocycles. The van der Waals surface area contributed by atoms with Gasteiger partial charge in [-0.2, -0.15) is 0 Å². The smallest absolute Gasteiger partial charge is 0.292 e. The second-order valence-corrected chi connectivity index (χ2v) is 6.05. The van der Waals surface area contributed by atoms with Gasteiger partial charge >= 0.3 is 0 Å². The van der Waals surface area contributed by atoms with Crippen LogP contribution >= 0.6 is 0 Å². The van der Waals surface area contributed by atoms with Crippen molar-refractivity contribution in [1.29, 1.82) is 0 Å². The summed E-state index contributed by atoms with van der Waals surface area (Å²) >= 11 is 0. The predicted octanol–water partition coefficient (Wildman–Crippen LogP) is 2.57. The Labute approximate surface area is 145 Å². The third kappa shape index (κ3) is 3.40. The molecule has 1 N–H and O–H groups in total. The minimum Gasteiger partial charge on any atom is -0.507 e. The number of carbonyl (C=O) groups is 1. The van der Waals surface area contributed by atoms with Crippen LogP contribution in [0, 0.1) is 17.0 Å². The topological polar surface area (TPSA) is 86.9 Å². The van der Waals surface area contributed by atoms with Crippen LogP contribution in [0.2, 0.25) is 0 Å². The first kappa shape index (κ1) is 16.8. The third-order valence-corrected chi connectivity index (χ3v) is 4.37. The molecule has 1 amide bonds. The number of piperazine rings is 1. The highest BCUT2D eigenvalue weighted by Gasteiger charge is 2.27. The Hall–Kier alpha value is -3.09. The van der Waals surface area contributed by atoms with Crippen molar-refractivity contribution in [3.8, 4) is 5.75 Å². The van der Waals surface area contributed by atoms with Crippen molar-refractivity contribution in [3.05, 3.63) is 63.7 Å². The molecule has 2 aromatic rings. The van der Waals surface area contributed by atoms with Gasteiger partial charge in [-0.15, -0.1) is 0 Å². The number of amides is 1. The monoisotopic (exact) mass is 341 g/mol. The normalized spacial score (nSPS) is 14.4. The molecule has 0 bridgehead atoms. The Morgan fingerprint density at radius 3 is 2.48 bits per heavy atom. The van der Waals surface area contributed by atoms with Crippen molar-refractivity contribution in [2.75, 3.05) is 31.1 Å². The molecule has 7 heteroatoms. The van der Waals surface area contributed by atoms with E-state index in [9.17, 15) is 20.0 Å². The highest BCUT2D eigenvalue weighted by molar-refractivity contribution is 5.97. The van der Waals surface area contributed by atoms with Crippen molar-refractivity contribution in [2.24, 2.45) is 0 Å². The van der Waals surface area contributed by atoms with E-state index in [1.165, 1.54) is 12.1 Å². The molecule has 25 heavy (non-hydrogen) atoms. The number of phenols is 1. The highest BCUT2D eigenvalue weighted by atomic mass is 16.6. The molecule has 7 nitrogen and oxygen atoms in total. The summed E-state index contributed by atoms with van der Waals surface area (Å²) < 4.78 is 0. The molecule has 0 aliphatic carbocycles. The Morgan fingerprint density at radius 2 is 1.80 bits per heavy atom. The Balaban J connectivity index is 1.73. The summed E-state index contributed by atoms with van der Waals surface area (Å²) in [5.74, 6) is -0.250. The molecular weight excluding hydrogens is 322 g/mol. The minimum absolute atomic E-state index is 0.0308. The molecule has 0 saturated carbocycles. The summed E-state index contributed by atoms with van der Waals surface area (Å²) in [7, 11) is 0. The van der Waals surface area contributed by atoms with Gasteiger partial charge in [-0.1, -0.05) is 23.8 Å². The second kappa shape index (κ2) is 6.80. The number of phenolic OH excluding ortho intramolecular Hbond substituents is 1. The molecule has 2 aromatic carbocycles. The van der Waals surface area contributed by atoms with Crippen molar-refractivity contribution < 1.29 is 14.8 Å². The largest absolute Gasteiger partial charge is 0.507 e. The SMILES string of the molecule is Cc1ccc(O)c(C(=O)N2CCN(c3ccccc3[N+](=O)[O-])CC2)c1. The fourth-order valence-electron chi connectivity index (χ4n) is 3.03. The first-order valence-corrected chi connectivity index (χ1v) is 8.04. The van der Waals surface area contributed by atoms with E-state index in [0.29, 0.717) is 37.4 Å². The number of aryl methyl sites for hydroxylation is 1. The van der Waals surface area contributed by atoms with Gasteiger partial charge in [-0.25, -0.2) is 0 Å². The van der Waals surface area contributed by atoms with Crippen molar-refractivity contribution >= 4 is 17.3 Å². The maximum atomic E-state index is 12.6. The van der Waals surface area contributed by atoms with Crippen LogP contribution in [0.4, 0.5) is 11.4 Å². The van der Waals surface area contributed by atoms with E-state index >= 15 is 0 Å². The third-order valence-electron chi connectivity index (χ3n) is 4.37. The number of para-hydroxylation sites is 2. The maximum absolute atomic E-state index is 12.6. The fraction of sp³-hybridized carbons (Fsp3) is 0.278. The molecular formula is C18H19N3O4. The zero-order chi connectivity index (χ0) is 18.0. The minimum atomic E-state index is -0.391. The quantitative estimate of drug-likeness (QED) is 0.685. The zero-order valence-electron chi connectivity index (χ0n) is 13.9. The molecule has 0 radical (unpaired) electrons. The van der Waals surface area contributed by atoms with Gasteiger partial charge in [0.25, 0.3) is 11.6 Å². The van der Waals surface area contributed by atoms with E-state index in [1.54, 1.807) is 35.2 Å². The molecule has 0 unspecified atom stereocenters. The van der Waals surface area contributed by atoms with Crippen molar-refractivity contribution in [3.63, 3.8) is 0 Å². The first-order valence-electron chi connectivity index (χ1n) is 8.04. The lowest BCUT2D eigenvalue weighted by Gasteiger charge is -2.35. The van der Waals surface area contributed by atoms with Gasteiger partial charge in [-0.05, 0) is 25.1 Å². The Kier molecular flexibility index (Phi) is 4.56. The number of nitro groups is 1. The molecule has 1 fully saturated rings. The van der Waals surface area contributed by atoms with E-state index in [1.807, 2.05) is 11.8 Å². The highest BCUT2D eigenvalue weighted by Crippen LogP contribution is 2.29. The number of anilines is 1. The zero-order valence-corrected chi connectivity index (χ0v) is 13.9. The van der Waals surface area contributed by atoms with Gasteiger partial charge in [0.15, 0.2) is 0 Å². The van der Waals surface area contributed by atoms with Crippen LogP contribution in [0.3, 0.4) is 0 Å². The number of rotatable bonds is 3. The number of nitro benzene ring substituents is 1. The van der Waals surface area contributed by atoms with Gasteiger partial charge in [0.1, 0.15) is 11.4 Å². The standard InChI is InChI=1S/C18H19N3O4/c1-13-6-7-17(22)14(12-13)18(23)20-10-8-19(9-11-20)15-4-2-3-5-16(15)21(24)25/h2-7,12,22H,8-11H2,1H3. The number of carbonyl (C=O) groups excluding carboxylic acids is 1. The molecule has 1 aliphatic heterocycles. The molecule has 130 valence electrons. The molecule has 1 aliphatic rings. The number of aromatic hydroxyl groups is 1. The summed E-state index contributed by atoms with van der Waals surface area (Å²) in [6, 6.07) is 11.6.